The van der Waals surface area contributed by atoms with Gasteiger partial charge in [0.25, 0.3) is 5.91 Å². The van der Waals surface area contributed by atoms with Crippen molar-refractivity contribution >= 4 is 58.0 Å². The first-order valence-corrected chi connectivity index (χ1v) is 10.5. The summed E-state index contributed by atoms with van der Waals surface area (Å²) in [5.41, 5.74) is 7.53. The molecule has 1 aromatic heterocycles. The molecule has 0 atom stereocenters. The van der Waals surface area contributed by atoms with E-state index in [-0.39, 0.29) is 5.69 Å². The number of hydrogen-bond donors (Lipinski definition) is 2. The number of halogens is 4. The SMILES string of the molecule is O=C(NNc1ccc(Cl)cc1Cl)c1cn(-c2ccc(Cl)cc2)c(-c2ccccc2Cl)n1. The van der Waals surface area contributed by atoms with Gasteiger partial charge in [-0.25, -0.2) is 4.98 Å². The smallest absolute Gasteiger partial charge is 0.289 e. The summed E-state index contributed by atoms with van der Waals surface area (Å²) in [6, 6.07) is 19.4. The van der Waals surface area contributed by atoms with Crippen molar-refractivity contribution in [1.82, 2.24) is 15.0 Å². The van der Waals surface area contributed by atoms with Gasteiger partial charge < -0.3 is 0 Å². The van der Waals surface area contributed by atoms with Crippen molar-refractivity contribution in [2.45, 2.75) is 0 Å². The quantitative estimate of drug-likeness (QED) is 0.298. The lowest BCUT2D eigenvalue weighted by atomic mass is 10.2. The van der Waals surface area contributed by atoms with Crippen LogP contribution in [0.3, 0.4) is 0 Å². The molecule has 0 bridgehead atoms. The van der Waals surface area contributed by atoms with Crippen molar-refractivity contribution in [1.29, 1.82) is 0 Å². The van der Waals surface area contributed by atoms with E-state index in [0.29, 0.717) is 37.2 Å². The molecule has 0 saturated carbocycles. The second-order valence-corrected chi connectivity index (χ2v) is 8.17. The number of carbonyl (C=O) groups is 1. The van der Waals surface area contributed by atoms with Crippen LogP contribution in [0, 0.1) is 0 Å². The lowest BCUT2D eigenvalue weighted by Crippen LogP contribution is -2.29. The lowest BCUT2D eigenvalue weighted by molar-refractivity contribution is 0.0958. The summed E-state index contributed by atoms with van der Waals surface area (Å²) in [4.78, 5) is 17.3. The van der Waals surface area contributed by atoms with Crippen LogP contribution in [-0.2, 0) is 0 Å². The van der Waals surface area contributed by atoms with Crippen LogP contribution in [0.5, 0.6) is 0 Å². The molecule has 5 nitrogen and oxygen atoms in total. The van der Waals surface area contributed by atoms with E-state index in [9.17, 15) is 4.79 Å². The van der Waals surface area contributed by atoms with Crippen molar-refractivity contribution in [2.75, 3.05) is 5.43 Å². The molecule has 0 aliphatic rings. The van der Waals surface area contributed by atoms with E-state index < -0.39 is 5.91 Å². The first-order valence-electron chi connectivity index (χ1n) is 9.04. The summed E-state index contributed by atoms with van der Waals surface area (Å²) in [6.45, 7) is 0. The molecule has 156 valence electrons. The maximum atomic E-state index is 12.8. The van der Waals surface area contributed by atoms with Crippen LogP contribution in [0.25, 0.3) is 17.1 Å². The molecule has 1 amide bonds. The van der Waals surface area contributed by atoms with E-state index in [1.807, 2.05) is 30.3 Å². The largest absolute Gasteiger partial charge is 0.299 e. The highest BCUT2D eigenvalue weighted by Crippen LogP contribution is 2.30. The first kappa shape index (κ1) is 21.5. The molecule has 0 aliphatic heterocycles. The minimum Gasteiger partial charge on any atom is -0.299 e. The number of anilines is 1. The van der Waals surface area contributed by atoms with E-state index in [1.165, 1.54) is 0 Å². The van der Waals surface area contributed by atoms with Crippen LogP contribution in [0.4, 0.5) is 5.69 Å². The fraction of sp³-hybridized carbons (Fsp3) is 0. The Hall–Kier alpha value is -2.70. The Bertz CT molecular complexity index is 1250. The zero-order chi connectivity index (χ0) is 22.0. The molecule has 4 rings (SSSR count). The minimum atomic E-state index is -0.452. The predicted molar refractivity (Wildman–Crippen MR) is 127 cm³/mol. The van der Waals surface area contributed by atoms with Crippen LogP contribution < -0.4 is 10.9 Å². The third-order valence-corrected chi connectivity index (χ3v) is 5.53. The molecule has 9 heteroatoms. The van der Waals surface area contributed by atoms with Gasteiger partial charge in [0.1, 0.15) is 11.5 Å². The average molecular weight is 492 g/mol. The van der Waals surface area contributed by atoms with Crippen LogP contribution in [0.1, 0.15) is 10.5 Å². The Morgan fingerprint density at radius 2 is 1.55 bits per heavy atom. The van der Waals surface area contributed by atoms with Gasteiger partial charge in [0, 0.05) is 27.5 Å². The standard InChI is InChI=1S/C22H14Cl4N4O/c23-13-5-8-15(9-6-13)30-12-20(27-21(30)16-3-1-2-4-17(16)25)22(31)29-28-19-10-7-14(24)11-18(19)26/h1-12,28H,(H,29,31). The van der Waals surface area contributed by atoms with Crippen molar-refractivity contribution < 1.29 is 4.79 Å². The lowest BCUT2D eigenvalue weighted by Gasteiger charge is -2.09. The van der Waals surface area contributed by atoms with E-state index in [4.69, 9.17) is 46.4 Å². The van der Waals surface area contributed by atoms with Gasteiger partial charge in [-0.15, -0.1) is 0 Å². The van der Waals surface area contributed by atoms with Crippen molar-refractivity contribution in [2.24, 2.45) is 0 Å². The highest BCUT2D eigenvalue weighted by atomic mass is 35.5. The molecular weight excluding hydrogens is 478 g/mol. The Balaban J connectivity index is 1.68. The maximum Gasteiger partial charge on any atom is 0.289 e. The third kappa shape index (κ3) is 4.81. The number of hydrogen-bond acceptors (Lipinski definition) is 3. The minimum absolute atomic E-state index is 0.183. The number of imidazole rings is 1. The number of amides is 1. The van der Waals surface area contributed by atoms with Crippen LogP contribution in [0.15, 0.2) is 72.9 Å². The molecule has 0 unspecified atom stereocenters. The monoisotopic (exact) mass is 490 g/mol. The van der Waals surface area contributed by atoms with Crippen LogP contribution >= 0.6 is 46.4 Å². The van der Waals surface area contributed by atoms with Gasteiger partial charge in [0.05, 0.1) is 15.7 Å². The maximum absolute atomic E-state index is 12.8. The van der Waals surface area contributed by atoms with E-state index in [1.54, 1.807) is 47.2 Å². The normalized spacial score (nSPS) is 10.7. The first-order chi connectivity index (χ1) is 14.9. The molecule has 0 fully saturated rings. The van der Waals surface area contributed by atoms with Gasteiger partial charge in [-0.1, -0.05) is 58.5 Å². The molecule has 4 aromatic rings. The number of aromatic nitrogens is 2. The van der Waals surface area contributed by atoms with Crippen LogP contribution in [0.2, 0.25) is 20.1 Å². The predicted octanol–water partition coefficient (Wildman–Crippen LogP) is 6.91. The highest BCUT2D eigenvalue weighted by Gasteiger charge is 2.18. The zero-order valence-electron chi connectivity index (χ0n) is 15.7. The summed E-state index contributed by atoms with van der Waals surface area (Å²) in [5.74, 6) is 0.0645. The number of nitrogens with zero attached hydrogens (tertiary/aromatic N) is 2. The third-order valence-electron chi connectivity index (χ3n) is 4.40. The number of benzene rings is 3. The molecule has 0 spiro atoms. The molecule has 1 heterocycles. The molecule has 31 heavy (non-hydrogen) atoms. The Kier molecular flexibility index (Phi) is 6.39. The fourth-order valence-electron chi connectivity index (χ4n) is 2.90. The summed E-state index contributed by atoms with van der Waals surface area (Å²) in [5, 5.41) is 1.98. The van der Waals surface area contributed by atoms with Gasteiger partial charge >= 0.3 is 0 Å². The second kappa shape index (κ2) is 9.20. The summed E-state index contributed by atoms with van der Waals surface area (Å²) in [6.07, 6.45) is 1.63. The summed E-state index contributed by atoms with van der Waals surface area (Å²) in [7, 11) is 0. The van der Waals surface area contributed by atoms with E-state index in [2.05, 4.69) is 15.8 Å². The van der Waals surface area contributed by atoms with E-state index >= 15 is 0 Å². The number of rotatable bonds is 5. The average Bonchev–Trinajstić information content (AvgIpc) is 3.19. The molecule has 0 saturated heterocycles. The molecule has 0 radical (unpaired) electrons. The fourth-order valence-corrected chi connectivity index (χ4v) is 3.70. The van der Waals surface area contributed by atoms with Gasteiger partial charge in [-0.2, -0.15) is 0 Å². The molecule has 2 N–H and O–H groups in total. The van der Waals surface area contributed by atoms with Gasteiger partial charge in [-0.05, 0) is 54.6 Å². The summed E-state index contributed by atoms with van der Waals surface area (Å²) < 4.78 is 1.78. The number of carbonyl (C=O) groups excluding carboxylic acids is 1. The highest BCUT2D eigenvalue weighted by molar-refractivity contribution is 6.36. The Morgan fingerprint density at radius 1 is 0.839 bits per heavy atom. The zero-order valence-corrected chi connectivity index (χ0v) is 18.8. The van der Waals surface area contributed by atoms with E-state index in [0.717, 1.165) is 5.69 Å². The molecule has 0 aliphatic carbocycles. The van der Waals surface area contributed by atoms with Crippen molar-refractivity contribution in [3.05, 3.63) is 98.7 Å². The molecule has 3 aromatic carbocycles. The van der Waals surface area contributed by atoms with Crippen LogP contribution in [-0.4, -0.2) is 15.5 Å². The van der Waals surface area contributed by atoms with Gasteiger partial charge in [0.15, 0.2) is 0 Å². The van der Waals surface area contributed by atoms with Gasteiger partial charge in [0.2, 0.25) is 0 Å². The summed E-state index contributed by atoms with van der Waals surface area (Å²) >= 11 is 24.5. The Morgan fingerprint density at radius 3 is 2.26 bits per heavy atom. The number of nitrogens with one attached hydrogen (secondary N) is 2. The topological polar surface area (TPSA) is 59.0 Å². The Labute approximate surface area is 198 Å². The van der Waals surface area contributed by atoms with Gasteiger partial charge in [-0.3, -0.25) is 20.2 Å². The molecular formula is C22H14Cl4N4O. The van der Waals surface area contributed by atoms with Crippen molar-refractivity contribution in [3.8, 4) is 17.1 Å². The number of hydrazine groups is 1. The second-order valence-electron chi connectivity index (χ2n) is 6.48. The van der Waals surface area contributed by atoms with Crippen molar-refractivity contribution in [3.63, 3.8) is 0 Å².